The maximum atomic E-state index is 13.4. The van der Waals surface area contributed by atoms with Gasteiger partial charge in [0.25, 0.3) is 0 Å². The van der Waals surface area contributed by atoms with E-state index in [1.165, 1.54) is 26.0 Å². The van der Waals surface area contributed by atoms with Gasteiger partial charge in [-0.1, -0.05) is 0 Å². The summed E-state index contributed by atoms with van der Waals surface area (Å²) in [5.74, 6) is -1.03. The van der Waals surface area contributed by atoms with Crippen molar-refractivity contribution in [2.24, 2.45) is 5.73 Å². The summed E-state index contributed by atoms with van der Waals surface area (Å²) >= 11 is 0. The topological polar surface area (TPSA) is 82.0 Å². The molecule has 0 saturated heterocycles. The summed E-state index contributed by atoms with van der Waals surface area (Å²) in [7, 11) is 0. The molecule has 4 nitrogen and oxygen atoms in total. The number of pyridine rings is 1. The molecule has 0 spiro atoms. The van der Waals surface area contributed by atoms with Gasteiger partial charge in [0, 0.05) is 16.8 Å². The number of anilines is 1. The Bertz CT molecular complexity index is 436. The molecule has 0 unspecified atom stereocenters. The van der Waals surface area contributed by atoms with Gasteiger partial charge < -0.3 is 11.5 Å². The summed E-state index contributed by atoms with van der Waals surface area (Å²) in [5, 5.41) is 0. The lowest BCUT2D eigenvalue weighted by molar-refractivity contribution is -0.111. The number of hydrogen-bond acceptors (Lipinski definition) is 4. The van der Waals surface area contributed by atoms with E-state index >= 15 is 0 Å². The molecule has 1 heterocycles. The smallest absolute Gasteiger partial charge is 0.222 e. The number of nitrogens with zero attached hydrogens (tertiary/aromatic N) is 1. The van der Waals surface area contributed by atoms with Crippen molar-refractivity contribution >= 4 is 17.2 Å². The molecular formula is C10H12FN3O. The molecular weight excluding hydrogens is 197 g/mol. The third-order valence-electron chi connectivity index (χ3n) is 1.89. The second-order valence-corrected chi connectivity index (χ2v) is 3.19. The van der Waals surface area contributed by atoms with Gasteiger partial charge in [0.05, 0.1) is 0 Å². The summed E-state index contributed by atoms with van der Waals surface area (Å²) in [6.45, 7) is 2.86. The monoisotopic (exact) mass is 209 g/mol. The first-order chi connectivity index (χ1) is 6.93. The Balaban J connectivity index is 3.38. The molecule has 80 valence electrons. The van der Waals surface area contributed by atoms with Crippen LogP contribution in [-0.4, -0.2) is 10.8 Å². The number of carbonyl (C=O) groups is 1. The fraction of sp³-hybridized carbons (Fsp3) is 0.200. The van der Waals surface area contributed by atoms with Crippen LogP contribution < -0.4 is 11.5 Å². The number of ketones is 1. The Kier molecular flexibility index (Phi) is 3.04. The first-order valence-electron chi connectivity index (χ1n) is 4.33. The summed E-state index contributed by atoms with van der Waals surface area (Å²) < 4.78 is 13.4. The van der Waals surface area contributed by atoms with E-state index in [1.807, 2.05) is 0 Å². The first-order valence-corrected chi connectivity index (χ1v) is 4.33. The fourth-order valence-corrected chi connectivity index (χ4v) is 1.31. The van der Waals surface area contributed by atoms with Crippen molar-refractivity contribution in [2.45, 2.75) is 13.8 Å². The predicted octanol–water partition coefficient (Wildman–Crippen LogP) is 1.08. The molecule has 5 heteroatoms. The molecule has 1 aromatic heterocycles. The molecule has 15 heavy (non-hydrogen) atoms. The highest BCUT2D eigenvalue weighted by molar-refractivity contribution is 6.20. The van der Waals surface area contributed by atoms with Crippen molar-refractivity contribution in [1.29, 1.82) is 0 Å². The molecule has 0 saturated carbocycles. The van der Waals surface area contributed by atoms with Crippen LogP contribution >= 0.6 is 0 Å². The van der Waals surface area contributed by atoms with Crippen molar-refractivity contribution in [1.82, 2.24) is 4.98 Å². The largest absolute Gasteiger partial charge is 0.402 e. The average Bonchev–Trinajstić information content (AvgIpc) is 2.08. The number of carbonyl (C=O) groups excluding carboxylic acids is 1. The minimum atomic E-state index is -0.787. The Labute approximate surface area is 86.8 Å². The van der Waals surface area contributed by atoms with Gasteiger partial charge >= 0.3 is 0 Å². The predicted molar refractivity (Wildman–Crippen MR) is 56.1 cm³/mol. The van der Waals surface area contributed by atoms with Crippen molar-refractivity contribution < 1.29 is 9.18 Å². The molecule has 0 radical (unpaired) electrons. The molecule has 0 fully saturated rings. The molecule has 1 aromatic rings. The molecule has 0 aromatic carbocycles. The Morgan fingerprint density at radius 2 is 2.00 bits per heavy atom. The van der Waals surface area contributed by atoms with Crippen molar-refractivity contribution in [3.05, 3.63) is 29.3 Å². The van der Waals surface area contributed by atoms with Crippen LogP contribution in [0.4, 0.5) is 10.2 Å². The van der Waals surface area contributed by atoms with E-state index in [1.54, 1.807) is 0 Å². The second-order valence-electron chi connectivity index (χ2n) is 3.19. The normalized spacial score (nSPS) is 12.2. The Morgan fingerprint density at radius 3 is 2.40 bits per heavy atom. The summed E-state index contributed by atoms with van der Waals surface area (Å²) in [5.41, 5.74) is 11.3. The van der Waals surface area contributed by atoms with Crippen molar-refractivity contribution in [2.75, 3.05) is 5.73 Å². The van der Waals surface area contributed by atoms with Gasteiger partial charge in [-0.25, -0.2) is 4.98 Å². The Hall–Kier alpha value is -1.91. The van der Waals surface area contributed by atoms with E-state index < -0.39 is 5.95 Å². The maximum absolute atomic E-state index is 13.4. The van der Waals surface area contributed by atoms with Gasteiger partial charge in [-0.15, -0.1) is 0 Å². The average molecular weight is 209 g/mol. The van der Waals surface area contributed by atoms with Gasteiger partial charge in [0.15, 0.2) is 5.78 Å². The lowest BCUT2D eigenvalue weighted by atomic mass is 10.0. The summed E-state index contributed by atoms with van der Waals surface area (Å²) in [6.07, 6.45) is 0. The number of allylic oxidation sites excluding steroid dienone is 2. The van der Waals surface area contributed by atoms with E-state index in [0.29, 0.717) is 0 Å². The molecule has 0 aliphatic heterocycles. The van der Waals surface area contributed by atoms with Gasteiger partial charge in [-0.2, -0.15) is 4.39 Å². The van der Waals surface area contributed by atoms with Crippen molar-refractivity contribution in [3.63, 3.8) is 0 Å². The molecule has 0 aliphatic rings. The highest BCUT2D eigenvalue weighted by Crippen LogP contribution is 2.20. The van der Waals surface area contributed by atoms with E-state index in [9.17, 15) is 9.18 Å². The van der Waals surface area contributed by atoms with Crippen LogP contribution in [0.25, 0.3) is 5.57 Å². The number of aromatic nitrogens is 1. The van der Waals surface area contributed by atoms with Crippen LogP contribution in [0.15, 0.2) is 17.8 Å². The Morgan fingerprint density at radius 1 is 1.40 bits per heavy atom. The number of nitrogen functional groups attached to an aromatic ring is 1. The van der Waals surface area contributed by atoms with Crippen LogP contribution in [0.5, 0.6) is 0 Å². The third-order valence-corrected chi connectivity index (χ3v) is 1.89. The summed E-state index contributed by atoms with van der Waals surface area (Å²) in [4.78, 5) is 14.7. The maximum Gasteiger partial charge on any atom is 0.222 e. The highest BCUT2D eigenvalue weighted by atomic mass is 19.1. The zero-order valence-electron chi connectivity index (χ0n) is 8.54. The zero-order valence-corrected chi connectivity index (χ0v) is 8.54. The highest BCUT2D eigenvalue weighted by Gasteiger charge is 2.15. The van der Waals surface area contributed by atoms with Gasteiger partial charge in [-0.05, 0) is 26.0 Å². The molecule has 1 rings (SSSR count). The van der Waals surface area contributed by atoms with E-state index in [2.05, 4.69) is 4.98 Å². The van der Waals surface area contributed by atoms with Gasteiger partial charge in [-0.3, -0.25) is 4.79 Å². The lowest BCUT2D eigenvalue weighted by Gasteiger charge is -2.07. The third kappa shape index (κ3) is 2.31. The molecule has 0 amide bonds. The van der Waals surface area contributed by atoms with Crippen LogP contribution in [0.2, 0.25) is 0 Å². The van der Waals surface area contributed by atoms with E-state index in [4.69, 9.17) is 11.5 Å². The summed E-state index contributed by atoms with van der Waals surface area (Å²) in [6, 6.07) is 2.81. The fourth-order valence-electron chi connectivity index (χ4n) is 1.31. The SMILES string of the molecule is CC(=O)C(=C(C)N)c1ccc(N)nc1F. The molecule has 0 aliphatic carbocycles. The number of nitrogens with two attached hydrogens (primary N) is 2. The molecule has 4 N–H and O–H groups in total. The first kappa shape index (κ1) is 11.2. The quantitative estimate of drug-likeness (QED) is 0.564. The minimum Gasteiger partial charge on any atom is -0.402 e. The van der Waals surface area contributed by atoms with Crippen LogP contribution in [0.1, 0.15) is 19.4 Å². The number of halogens is 1. The number of rotatable bonds is 2. The number of Topliss-reactive ketones (excluding diaryl/α,β-unsaturated/α-hetero) is 1. The number of hydrogen-bond donors (Lipinski definition) is 2. The van der Waals surface area contributed by atoms with E-state index in [0.717, 1.165) is 0 Å². The molecule has 0 bridgehead atoms. The van der Waals surface area contributed by atoms with Crippen molar-refractivity contribution in [3.8, 4) is 0 Å². The lowest BCUT2D eigenvalue weighted by Crippen LogP contribution is -2.08. The minimum absolute atomic E-state index is 0.0637. The van der Waals surface area contributed by atoms with Gasteiger partial charge in [0.1, 0.15) is 5.82 Å². The van der Waals surface area contributed by atoms with Gasteiger partial charge in [0.2, 0.25) is 5.95 Å². The molecule has 0 atom stereocenters. The van der Waals surface area contributed by atoms with E-state index in [-0.39, 0.29) is 28.4 Å². The zero-order chi connectivity index (χ0) is 11.6. The van der Waals surface area contributed by atoms with Crippen LogP contribution in [-0.2, 0) is 4.79 Å². The van der Waals surface area contributed by atoms with Crippen LogP contribution in [0, 0.1) is 5.95 Å². The van der Waals surface area contributed by atoms with Crippen LogP contribution in [0.3, 0.4) is 0 Å². The second kappa shape index (κ2) is 4.08. The standard InChI is InChI=1S/C10H12FN3O/c1-5(12)9(6(2)15)7-3-4-8(13)14-10(7)11/h3-4H,12H2,1-2H3,(H2,13,14).